The standard InChI is InChI=1S/C18H26N3O7P/c1-4-5-6-16(28-29(26)27)18(23)20-15(11-12(2)3)17(22)19-13-7-9-14(10-8-13)21(24)25/h7-10,12,15-16H,4-6,11H2,1-3H3,(H2-,19,20,22,23,26,27)/p+1/t15-,16-/m0/s1. The number of non-ortho nitro benzene ring substituents is 1. The van der Waals surface area contributed by atoms with E-state index in [0.29, 0.717) is 18.5 Å². The summed E-state index contributed by atoms with van der Waals surface area (Å²) in [4.78, 5) is 44.3. The van der Waals surface area contributed by atoms with Crippen molar-refractivity contribution in [2.75, 3.05) is 5.32 Å². The molecule has 0 aliphatic rings. The molecule has 0 saturated carbocycles. The van der Waals surface area contributed by atoms with E-state index in [-0.39, 0.29) is 18.0 Å². The van der Waals surface area contributed by atoms with Gasteiger partial charge in [0.2, 0.25) is 5.91 Å². The van der Waals surface area contributed by atoms with Crippen molar-refractivity contribution < 1.29 is 28.5 Å². The van der Waals surface area contributed by atoms with Crippen LogP contribution in [0.25, 0.3) is 0 Å². The van der Waals surface area contributed by atoms with E-state index in [2.05, 4.69) is 10.6 Å². The molecule has 3 N–H and O–H groups in total. The SMILES string of the molecule is CCCC[C@H](O[P+](=O)O)C(=O)N[C@@H](CC(C)C)C(=O)Nc1ccc([N+](=O)[O-])cc1. The Morgan fingerprint density at radius 2 is 1.86 bits per heavy atom. The third-order valence-electron chi connectivity index (χ3n) is 4.02. The van der Waals surface area contributed by atoms with Crippen molar-refractivity contribution in [3.63, 3.8) is 0 Å². The molecule has 1 rings (SSSR count). The van der Waals surface area contributed by atoms with Gasteiger partial charge in [-0.05, 0) is 30.9 Å². The number of nitro groups is 1. The van der Waals surface area contributed by atoms with Crippen molar-refractivity contribution in [3.05, 3.63) is 34.4 Å². The molecule has 160 valence electrons. The maximum atomic E-state index is 12.7. The fraction of sp³-hybridized carbons (Fsp3) is 0.556. The minimum absolute atomic E-state index is 0.0763. The molecule has 0 radical (unpaired) electrons. The molecule has 0 aliphatic carbocycles. The number of amides is 2. The Bertz CT molecular complexity index is 725. The van der Waals surface area contributed by atoms with Crippen LogP contribution in [0.4, 0.5) is 11.4 Å². The van der Waals surface area contributed by atoms with Crippen molar-refractivity contribution in [1.82, 2.24) is 5.32 Å². The average Bonchev–Trinajstić information content (AvgIpc) is 2.64. The lowest BCUT2D eigenvalue weighted by Crippen LogP contribution is -2.48. The minimum Gasteiger partial charge on any atom is -0.342 e. The van der Waals surface area contributed by atoms with Crippen LogP contribution in [0, 0.1) is 16.0 Å². The van der Waals surface area contributed by atoms with Crippen LogP contribution >= 0.6 is 8.25 Å². The molecule has 1 aromatic carbocycles. The fourth-order valence-electron chi connectivity index (χ4n) is 2.59. The van der Waals surface area contributed by atoms with Crippen LogP contribution in [0.2, 0.25) is 0 Å². The first-order chi connectivity index (χ1) is 13.6. The van der Waals surface area contributed by atoms with Crippen LogP contribution < -0.4 is 10.6 Å². The molecule has 1 unspecified atom stereocenters. The Labute approximate surface area is 170 Å². The molecule has 3 atom stereocenters. The molecule has 10 nitrogen and oxygen atoms in total. The largest absolute Gasteiger partial charge is 0.695 e. The van der Waals surface area contributed by atoms with E-state index < -0.39 is 37.1 Å². The van der Waals surface area contributed by atoms with E-state index in [1.165, 1.54) is 24.3 Å². The molecule has 0 spiro atoms. The number of hydrogen-bond donors (Lipinski definition) is 3. The second kappa shape index (κ2) is 12.2. The van der Waals surface area contributed by atoms with Crippen LogP contribution in [0.1, 0.15) is 46.5 Å². The molecule has 2 amide bonds. The van der Waals surface area contributed by atoms with Gasteiger partial charge in [0, 0.05) is 22.4 Å². The highest BCUT2D eigenvalue weighted by molar-refractivity contribution is 7.32. The van der Waals surface area contributed by atoms with Crippen molar-refractivity contribution in [1.29, 1.82) is 0 Å². The maximum absolute atomic E-state index is 12.7. The summed E-state index contributed by atoms with van der Waals surface area (Å²) < 4.78 is 15.8. The molecular weight excluding hydrogens is 401 g/mol. The van der Waals surface area contributed by atoms with E-state index in [0.717, 1.165) is 6.42 Å². The van der Waals surface area contributed by atoms with Gasteiger partial charge in [0.05, 0.1) is 4.92 Å². The number of nitrogens with zero attached hydrogens (tertiary/aromatic N) is 1. The predicted molar refractivity (Wildman–Crippen MR) is 107 cm³/mol. The summed E-state index contributed by atoms with van der Waals surface area (Å²) in [6.45, 7) is 5.68. The van der Waals surface area contributed by atoms with E-state index in [1.54, 1.807) is 0 Å². The van der Waals surface area contributed by atoms with Gasteiger partial charge in [-0.1, -0.05) is 33.6 Å². The van der Waals surface area contributed by atoms with E-state index in [1.807, 2.05) is 20.8 Å². The molecule has 0 fully saturated rings. The Hall–Kier alpha value is -2.42. The Kier molecular flexibility index (Phi) is 10.4. The Morgan fingerprint density at radius 3 is 2.34 bits per heavy atom. The summed E-state index contributed by atoms with van der Waals surface area (Å²) in [5, 5.41) is 15.9. The number of unbranched alkanes of at least 4 members (excludes halogenated alkanes) is 1. The summed E-state index contributed by atoms with van der Waals surface area (Å²) in [5.74, 6) is -1.06. The van der Waals surface area contributed by atoms with Crippen LogP contribution in [-0.4, -0.2) is 33.8 Å². The number of carbonyl (C=O) groups is 2. The summed E-state index contributed by atoms with van der Waals surface area (Å²) in [6, 6.07) is 4.42. The first kappa shape index (κ1) is 24.6. The maximum Gasteiger partial charge on any atom is 0.695 e. The first-order valence-corrected chi connectivity index (χ1v) is 10.5. The van der Waals surface area contributed by atoms with Crippen molar-refractivity contribution in [3.8, 4) is 0 Å². The predicted octanol–water partition coefficient (Wildman–Crippen LogP) is 3.29. The summed E-state index contributed by atoms with van der Waals surface area (Å²) >= 11 is 0. The number of nitro benzene ring substituents is 1. The first-order valence-electron chi connectivity index (χ1n) is 9.32. The summed E-state index contributed by atoms with van der Waals surface area (Å²) in [6.07, 6.45) is 0.834. The third-order valence-corrected chi connectivity index (χ3v) is 4.45. The van der Waals surface area contributed by atoms with Crippen molar-refractivity contribution >= 4 is 31.4 Å². The topological polar surface area (TPSA) is 148 Å². The molecular formula is C18H27N3O7P+. The Balaban J connectivity index is 2.87. The zero-order valence-electron chi connectivity index (χ0n) is 16.7. The molecule has 0 heterocycles. The average molecular weight is 428 g/mol. The normalized spacial score (nSPS) is 13.5. The van der Waals surface area contributed by atoms with Gasteiger partial charge in [-0.25, -0.2) is 0 Å². The zero-order chi connectivity index (χ0) is 22.0. The number of anilines is 1. The van der Waals surface area contributed by atoms with E-state index in [4.69, 9.17) is 9.42 Å². The van der Waals surface area contributed by atoms with Crippen LogP contribution in [0.5, 0.6) is 0 Å². The smallest absolute Gasteiger partial charge is 0.342 e. The highest BCUT2D eigenvalue weighted by Gasteiger charge is 2.32. The van der Waals surface area contributed by atoms with E-state index in [9.17, 15) is 24.3 Å². The van der Waals surface area contributed by atoms with Gasteiger partial charge in [-0.15, -0.1) is 9.42 Å². The van der Waals surface area contributed by atoms with E-state index >= 15 is 0 Å². The number of carbonyl (C=O) groups excluding carboxylic acids is 2. The van der Waals surface area contributed by atoms with Crippen molar-refractivity contribution in [2.24, 2.45) is 5.92 Å². The number of benzene rings is 1. The third kappa shape index (κ3) is 9.08. The lowest BCUT2D eigenvalue weighted by molar-refractivity contribution is -0.384. The van der Waals surface area contributed by atoms with Gasteiger partial charge in [0.25, 0.3) is 11.6 Å². The van der Waals surface area contributed by atoms with Gasteiger partial charge < -0.3 is 10.6 Å². The van der Waals surface area contributed by atoms with Crippen LogP contribution in [0.3, 0.4) is 0 Å². The highest BCUT2D eigenvalue weighted by Crippen LogP contribution is 2.22. The summed E-state index contributed by atoms with van der Waals surface area (Å²) in [7, 11) is -2.96. The number of rotatable bonds is 12. The van der Waals surface area contributed by atoms with Gasteiger partial charge >= 0.3 is 8.25 Å². The highest BCUT2D eigenvalue weighted by atomic mass is 31.1. The molecule has 0 bridgehead atoms. The molecule has 0 aliphatic heterocycles. The number of hydrogen-bond acceptors (Lipinski definition) is 6. The quantitative estimate of drug-likeness (QED) is 0.263. The lowest BCUT2D eigenvalue weighted by atomic mass is 10.0. The lowest BCUT2D eigenvalue weighted by Gasteiger charge is -2.21. The minimum atomic E-state index is -2.96. The second-order valence-electron chi connectivity index (χ2n) is 6.96. The molecule has 1 aromatic rings. The molecule has 0 saturated heterocycles. The molecule has 0 aromatic heterocycles. The summed E-state index contributed by atoms with van der Waals surface area (Å²) in [5.41, 5.74) is 0.241. The monoisotopic (exact) mass is 428 g/mol. The molecule has 11 heteroatoms. The van der Waals surface area contributed by atoms with Crippen LogP contribution in [0.15, 0.2) is 24.3 Å². The second-order valence-corrected chi connectivity index (χ2v) is 7.64. The zero-order valence-corrected chi connectivity index (χ0v) is 17.6. The van der Waals surface area contributed by atoms with Gasteiger partial charge in [-0.3, -0.25) is 19.7 Å². The van der Waals surface area contributed by atoms with Gasteiger partial charge in [0.15, 0.2) is 6.10 Å². The molecule has 29 heavy (non-hydrogen) atoms. The van der Waals surface area contributed by atoms with Gasteiger partial charge in [-0.2, -0.15) is 0 Å². The van der Waals surface area contributed by atoms with Crippen LogP contribution in [-0.2, 0) is 18.7 Å². The number of nitrogens with one attached hydrogen (secondary N) is 2. The Morgan fingerprint density at radius 1 is 1.24 bits per heavy atom. The van der Waals surface area contributed by atoms with Gasteiger partial charge in [0.1, 0.15) is 6.04 Å². The fourth-order valence-corrected chi connectivity index (χ4v) is 3.01. The van der Waals surface area contributed by atoms with Crippen molar-refractivity contribution in [2.45, 2.75) is 58.6 Å².